The van der Waals surface area contributed by atoms with Crippen molar-refractivity contribution in [2.45, 2.75) is 0 Å². The second-order valence-electron chi connectivity index (χ2n) is 6.78. The summed E-state index contributed by atoms with van der Waals surface area (Å²) in [7, 11) is 1.35. The van der Waals surface area contributed by atoms with E-state index in [-0.39, 0.29) is 34.2 Å². The molecule has 33 heavy (non-hydrogen) atoms. The third-order valence-corrected chi connectivity index (χ3v) is 4.76. The number of nitrogens with zero attached hydrogens (tertiary/aromatic N) is 2. The Kier molecular flexibility index (Phi) is 5.44. The zero-order valence-corrected chi connectivity index (χ0v) is 16.9. The van der Waals surface area contributed by atoms with Crippen LogP contribution in [0.2, 0.25) is 0 Å². The first-order valence-electron chi connectivity index (χ1n) is 9.38. The first kappa shape index (κ1) is 21.4. The maximum Gasteiger partial charge on any atom is 0.335 e. The quantitative estimate of drug-likeness (QED) is 0.271. The van der Waals surface area contributed by atoms with E-state index in [1.807, 2.05) is 0 Å². The van der Waals surface area contributed by atoms with Crippen molar-refractivity contribution in [3.63, 3.8) is 0 Å². The molecule has 2 aromatic carbocycles. The van der Waals surface area contributed by atoms with Crippen LogP contribution in [-0.2, 0) is 9.59 Å². The van der Waals surface area contributed by atoms with Crippen molar-refractivity contribution in [1.29, 1.82) is 0 Å². The van der Waals surface area contributed by atoms with E-state index in [2.05, 4.69) is 5.32 Å². The van der Waals surface area contributed by atoms with Gasteiger partial charge in [-0.25, -0.2) is 14.1 Å². The lowest BCUT2D eigenvalue weighted by atomic mass is 10.1. The molecule has 4 amide bonds. The van der Waals surface area contributed by atoms with Gasteiger partial charge >= 0.3 is 6.03 Å². The highest BCUT2D eigenvalue weighted by molar-refractivity contribution is 6.39. The SMILES string of the molecule is COc1cc([N+](=O)[O-])ccc1-c1ccc(/C=C2\C(=O)NC(=O)N(c3ccc(F)cc3)C2=O)o1. The van der Waals surface area contributed by atoms with Crippen LogP contribution in [0.4, 0.5) is 20.6 Å². The number of nitro benzene ring substituents is 1. The highest BCUT2D eigenvalue weighted by atomic mass is 19.1. The summed E-state index contributed by atoms with van der Waals surface area (Å²) in [4.78, 5) is 48.5. The molecule has 0 aliphatic carbocycles. The smallest absolute Gasteiger partial charge is 0.335 e. The number of nitrogens with one attached hydrogen (secondary N) is 1. The number of carbonyl (C=O) groups is 3. The van der Waals surface area contributed by atoms with Crippen molar-refractivity contribution in [3.05, 3.63) is 81.9 Å². The Labute approximate surface area is 185 Å². The van der Waals surface area contributed by atoms with Crippen molar-refractivity contribution >= 4 is 35.3 Å². The van der Waals surface area contributed by atoms with Gasteiger partial charge in [-0.15, -0.1) is 0 Å². The Morgan fingerprint density at radius 2 is 1.82 bits per heavy atom. The maximum atomic E-state index is 13.2. The van der Waals surface area contributed by atoms with Crippen LogP contribution in [0.3, 0.4) is 0 Å². The molecule has 0 saturated carbocycles. The number of imide groups is 2. The van der Waals surface area contributed by atoms with Gasteiger partial charge in [-0.05, 0) is 48.5 Å². The lowest BCUT2D eigenvalue weighted by Crippen LogP contribution is -2.54. The molecule has 1 aliphatic rings. The number of amides is 4. The number of non-ortho nitro benzene ring substituents is 1. The van der Waals surface area contributed by atoms with Crippen molar-refractivity contribution in [2.75, 3.05) is 12.0 Å². The molecule has 166 valence electrons. The lowest BCUT2D eigenvalue weighted by molar-refractivity contribution is -0.384. The minimum atomic E-state index is -0.968. The standard InChI is InChI=1S/C22H14FN3O7/c1-32-19-10-14(26(30)31)6-8-16(19)18-9-7-15(33-18)11-17-20(27)24-22(29)25(21(17)28)13-4-2-12(23)3-5-13/h2-11H,1H3,(H,24,27,29)/b17-11+. The van der Waals surface area contributed by atoms with Gasteiger partial charge < -0.3 is 9.15 Å². The number of methoxy groups -OCH3 is 1. The first-order valence-corrected chi connectivity index (χ1v) is 9.38. The van der Waals surface area contributed by atoms with Gasteiger partial charge in [0.25, 0.3) is 17.5 Å². The largest absolute Gasteiger partial charge is 0.496 e. The van der Waals surface area contributed by atoms with E-state index in [9.17, 15) is 28.9 Å². The van der Waals surface area contributed by atoms with Gasteiger partial charge in [-0.1, -0.05) is 0 Å². The fourth-order valence-electron chi connectivity index (χ4n) is 3.20. The number of benzene rings is 2. The molecule has 0 bridgehead atoms. The second-order valence-corrected chi connectivity index (χ2v) is 6.78. The van der Waals surface area contributed by atoms with Crippen molar-refractivity contribution in [1.82, 2.24) is 5.32 Å². The zero-order valence-electron chi connectivity index (χ0n) is 16.9. The van der Waals surface area contributed by atoms with Crippen LogP contribution in [0.5, 0.6) is 5.75 Å². The minimum Gasteiger partial charge on any atom is -0.496 e. The summed E-state index contributed by atoms with van der Waals surface area (Å²) >= 11 is 0. The van der Waals surface area contributed by atoms with Gasteiger partial charge in [-0.3, -0.25) is 25.0 Å². The van der Waals surface area contributed by atoms with Crippen LogP contribution in [0, 0.1) is 15.9 Å². The molecule has 1 aromatic heterocycles. The molecule has 1 aliphatic heterocycles. The molecule has 2 heterocycles. The molecule has 10 nitrogen and oxygen atoms in total. The summed E-state index contributed by atoms with van der Waals surface area (Å²) in [5.74, 6) is -1.82. The summed E-state index contributed by atoms with van der Waals surface area (Å²) < 4.78 is 24.1. The number of ether oxygens (including phenoxy) is 1. The fourth-order valence-corrected chi connectivity index (χ4v) is 3.20. The molecular formula is C22H14FN3O7. The number of hydrogen-bond acceptors (Lipinski definition) is 7. The number of hydrogen-bond donors (Lipinski definition) is 1. The van der Waals surface area contributed by atoms with E-state index in [1.165, 1.54) is 49.6 Å². The molecule has 0 atom stereocenters. The number of anilines is 1. The fraction of sp³-hybridized carbons (Fsp3) is 0.0455. The number of barbiturate groups is 1. The van der Waals surface area contributed by atoms with Crippen molar-refractivity contribution < 1.29 is 32.9 Å². The molecule has 4 rings (SSSR count). The zero-order chi connectivity index (χ0) is 23.7. The molecule has 1 N–H and O–H groups in total. The normalized spacial score (nSPS) is 15.0. The summed E-state index contributed by atoms with van der Waals surface area (Å²) in [5.41, 5.74) is -0.0571. The molecule has 11 heteroatoms. The Balaban J connectivity index is 1.67. The first-order chi connectivity index (χ1) is 15.8. The molecule has 0 radical (unpaired) electrons. The van der Waals surface area contributed by atoms with Gasteiger partial charge in [0.1, 0.15) is 28.7 Å². The van der Waals surface area contributed by atoms with Crippen molar-refractivity contribution in [2.24, 2.45) is 0 Å². The number of urea groups is 1. The molecule has 1 fully saturated rings. The highest BCUT2D eigenvalue weighted by Gasteiger charge is 2.37. The average molecular weight is 451 g/mol. The van der Waals surface area contributed by atoms with Crippen LogP contribution in [0.15, 0.2) is 64.6 Å². The third-order valence-electron chi connectivity index (χ3n) is 4.76. The second kappa shape index (κ2) is 8.38. The predicted octanol–water partition coefficient (Wildman–Crippen LogP) is 3.67. The predicted molar refractivity (Wildman–Crippen MR) is 113 cm³/mol. The average Bonchev–Trinajstić information content (AvgIpc) is 3.25. The topological polar surface area (TPSA) is 132 Å². The van der Waals surface area contributed by atoms with Gasteiger partial charge in [-0.2, -0.15) is 0 Å². The number of carbonyl (C=O) groups excluding carboxylic acids is 3. The molecule has 0 spiro atoms. The van der Waals surface area contributed by atoms with E-state index in [0.717, 1.165) is 18.2 Å². The van der Waals surface area contributed by atoms with Crippen LogP contribution in [0.1, 0.15) is 5.76 Å². The Morgan fingerprint density at radius 1 is 1.09 bits per heavy atom. The van der Waals surface area contributed by atoms with E-state index in [0.29, 0.717) is 10.5 Å². The third kappa shape index (κ3) is 4.06. The lowest BCUT2D eigenvalue weighted by Gasteiger charge is -2.26. The van der Waals surface area contributed by atoms with Gasteiger partial charge in [0.2, 0.25) is 0 Å². The minimum absolute atomic E-state index is 0.0769. The van der Waals surface area contributed by atoms with E-state index in [1.54, 1.807) is 0 Å². The van der Waals surface area contributed by atoms with Crippen LogP contribution in [0.25, 0.3) is 17.4 Å². The highest BCUT2D eigenvalue weighted by Crippen LogP contribution is 2.34. The summed E-state index contributed by atoms with van der Waals surface area (Å²) in [5, 5.41) is 13.0. The van der Waals surface area contributed by atoms with Crippen LogP contribution < -0.4 is 15.0 Å². The monoisotopic (exact) mass is 451 g/mol. The van der Waals surface area contributed by atoms with Crippen LogP contribution >= 0.6 is 0 Å². The van der Waals surface area contributed by atoms with Crippen molar-refractivity contribution in [3.8, 4) is 17.1 Å². The molecule has 1 saturated heterocycles. The Morgan fingerprint density at radius 3 is 2.48 bits per heavy atom. The summed E-state index contributed by atoms with van der Waals surface area (Å²) in [6.45, 7) is 0. The van der Waals surface area contributed by atoms with Gasteiger partial charge in [0, 0.05) is 6.07 Å². The number of nitro groups is 1. The van der Waals surface area contributed by atoms with Crippen LogP contribution in [-0.4, -0.2) is 29.9 Å². The maximum absolute atomic E-state index is 13.2. The molecule has 0 unspecified atom stereocenters. The van der Waals surface area contributed by atoms with E-state index in [4.69, 9.17) is 9.15 Å². The summed E-state index contributed by atoms with van der Waals surface area (Å²) in [6.07, 6.45) is 1.15. The number of rotatable bonds is 5. The number of furan rings is 1. The Bertz CT molecular complexity index is 1330. The van der Waals surface area contributed by atoms with E-state index >= 15 is 0 Å². The molecule has 3 aromatic rings. The van der Waals surface area contributed by atoms with E-state index < -0.39 is 28.6 Å². The van der Waals surface area contributed by atoms with Gasteiger partial charge in [0.05, 0.1) is 29.4 Å². The number of halogens is 1. The van der Waals surface area contributed by atoms with Gasteiger partial charge in [0.15, 0.2) is 0 Å². The Hall–Kier alpha value is -4.80. The molecular weight excluding hydrogens is 437 g/mol. The summed E-state index contributed by atoms with van der Waals surface area (Å²) in [6, 6.07) is 10.6.